The van der Waals surface area contributed by atoms with E-state index in [-0.39, 0.29) is 6.10 Å². The van der Waals surface area contributed by atoms with Gasteiger partial charge in [-0.3, -0.25) is 0 Å². The summed E-state index contributed by atoms with van der Waals surface area (Å²) in [6.45, 7) is 10.6. The van der Waals surface area contributed by atoms with Gasteiger partial charge in [0.2, 0.25) is 0 Å². The summed E-state index contributed by atoms with van der Waals surface area (Å²) < 4.78 is 11.2. The van der Waals surface area contributed by atoms with E-state index in [0.717, 1.165) is 44.4 Å². The highest BCUT2D eigenvalue weighted by atomic mass is 16.5. The first-order chi connectivity index (χ1) is 11.6. The van der Waals surface area contributed by atoms with Gasteiger partial charge in [-0.2, -0.15) is 0 Å². The summed E-state index contributed by atoms with van der Waals surface area (Å²) in [6.07, 6.45) is 1.20. The van der Waals surface area contributed by atoms with Crippen LogP contribution >= 0.6 is 0 Å². The second-order valence-electron chi connectivity index (χ2n) is 6.49. The average Bonchev–Trinajstić information content (AvgIpc) is 3.02. The van der Waals surface area contributed by atoms with Crippen molar-refractivity contribution in [1.29, 1.82) is 0 Å². The summed E-state index contributed by atoms with van der Waals surface area (Å²) >= 11 is 0. The van der Waals surface area contributed by atoms with Crippen LogP contribution in [0.3, 0.4) is 0 Å². The fraction of sp³-hybridized carbons (Fsp3) is 0.632. The van der Waals surface area contributed by atoms with E-state index < -0.39 is 0 Å². The Kier molecular flexibility index (Phi) is 7.37. The van der Waals surface area contributed by atoms with Crippen molar-refractivity contribution in [2.75, 3.05) is 39.9 Å². The van der Waals surface area contributed by atoms with E-state index in [1.807, 2.05) is 12.1 Å². The molecule has 1 aliphatic rings. The molecule has 1 heterocycles. The highest BCUT2D eigenvalue weighted by Crippen LogP contribution is 2.17. The number of likely N-dealkylation sites (tertiary alicyclic amines) is 1. The molecule has 5 nitrogen and oxygen atoms in total. The van der Waals surface area contributed by atoms with Crippen LogP contribution in [0.15, 0.2) is 29.3 Å². The number of rotatable bonds is 7. The minimum absolute atomic E-state index is 0.0405. The Morgan fingerprint density at radius 1 is 1.38 bits per heavy atom. The minimum Gasteiger partial charge on any atom is -0.489 e. The number of hydrogen-bond acceptors (Lipinski definition) is 3. The molecule has 24 heavy (non-hydrogen) atoms. The Balaban J connectivity index is 1.89. The van der Waals surface area contributed by atoms with Crippen LogP contribution in [-0.4, -0.2) is 56.9 Å². The second-order valence-corrected chi connectivity index (χ2v) is 6.49. The fourth-order valence-corrected chi connectivity index (χ4v) is 2.92. The lowest BCUT2D eigenvalue weighted by atomic mass is 10.1. The lowest BCUT2D eigenvalue weighted by molar-refractivity contribution is 0.157. The van der Waals surface area contributed by atoms with Crippen LogP contribution in [0.4, 0.5) is 0 Å². The maximum absolute atomic E-state index is 5.95. The van der Waals surface area contributed by atoms with Gasteiger partial charge in [-0.25, -0.2) is 4.99 Å². The smallest absolute Gasteiger partial charge is 0.194 e. The number of benzene rings is 1. The van der Waals surface area contributed by atoms with Crippen molar-refractivity contribution in [2.24, 2.45) is 10.9 Å². The maximum atomic E-state index is 5.95. The molecular formula is C19H31N3O2. The molecule has 134 valence electrons. The number of guanidine groups is 1. The van der Waals surface area contributed by atoms with E-state index >= 15 is 0 Å². The van der Waals surface area contributed by atoms with E-state index in [9.17, 15) is 0 Å². The van der Waals surface area contributed by atoms with Crippen molar-refractivity contribution in [3.8, 4) is 5.75 Å². The van der Waals surface area contributed by atoms with Crippen molar-refractivity contribution in [1.82, 2.24) is 10.2 Å². The van der Waals surface area contributed by atoms with Crippen LogP contribution in [0.2, 0.25) is 0 Å². The third-order valence-electron chi connectivity index (χ3n) is 4.18. The molecule has 0 amide bonds. The average molecular weight is 333 g/mol. The van der Waals surface area contributed by atoms with Crippen LogP contribution < -0.4 is 10.1 Å². The lowest BCUT2D eigenvalue weighted by Gasteiger charge is -2.22. The summed E-state index contributed by atoms with van der Waals surface area (Å²) in [5.74, 6) is 2.48. The van der Waals surface area contributed by atoms with Gasteiger partial charge in [0.1, 0.15) is 11.9 Å². The molecule has 2 rings (SSSR count). The number of aliphatic imine (C=N–C) groups is 1. The van der Waals surface area contributed by atoms with Gasteiger partial charge in [-0.15, -0.1) is 0 Å². The summed E-state index contributed by atoms with van der Waals surface area (Å²) in [5.41, 5.74) is 1.24. The predicted molar refractivity (Wildman–Crippen MR) is 98.8 cm³/mol. The van der Waals surface area contributed by atoms with Crippen LogP contribution in [-0.2, 0) is 4.74 Å². The summed E-state index contributed by atoms with van der Waals surface area (Å²) in [6, 6.07) is 8.15. The second kappa shape index (κ2) is 9.52. The van der Waals surface area contributed by atoms with E-state index in [2.05, 4.69) is 43.1 Å². The first kappa shape index (κ1) is 18.6. The maximum Gasteiger partial charge on any atom is 0.194 e. The Morgan fingerprint density at radius 2 is 2.12 bits per heavy atom. The molecule has 0 aromatic heterocycles. The van der Waals surface area contributed by atoms with Gasteiger partial charge in [0, 0.05) is 32.7 Å². The molecule has 1 saturated heterocycles. The van der Waals surface area contributed by atoms with Crippen LogP contribution in [0.1, 0.15) is 25.8 Å². The first-order valence-electron chi connectivity index (χ1n) is 8.88. The summed E-state index contributed by atoms with van der Waals surface area (Å²) in [4.78, 5) is 7.09. The molecule has 1 aliphatic heterocycles. The van der Waals surface area contributed by atoms with Gasteiger partial charge >= 0.3 is 0 Å². The normalized spacial score (nSPS) is 19.4. The molecule has 0 spiro atoms. The molecule has 1 N–H and O–H groups in total. The fourth-order valence-electron chi connectivity index (χ4n) is 2.92. The molecule has 2 atom stereocenters. The van der Waals surface area contributed by atoms with Crippen LogP contribution in [0.25, 0.3) is 0 Å². The Morgan fingerprint density at radius 3 is 2.79 bits per heavy atom. The summed E-state index contributed by atoms with van der Waals surface area (Å²) in [5, 5.41) is 3.39. The third kappa shape index (κ3) is 5.71. The zero-order chi connectivity index (χ0) is 17.4. The van der Waals surface area contributed by atoms with Crippen LogP contribution in [0.5, 0.6) is 5.75 Å². The van der Waals surface area contributed by atoms with Crippen molar-refractivity contribution in [3.05, 3.63) is 29.8 Å². The largest absolute Gasteiger partial charge is 0.489 e. The van der Waals surface area contributed by atoms with Gasteiger partial charge in [-0.1, -0.05) is 17.7 Å². The monoisotopic (exact) mass is 333 g/mol. The molecule has 2 unspecified atom stereocenters. The third-order valence-corrected chi connectivity index (χ3v) is 4.18. The minimum atomic E-state index is 0.0405. The molecule has 1 aromatic rings. The molecule has 1 aromatic carbocycles. The lowest BCUT2D eigenvalue weighted by Crippen LogP contribution is -2.41. The molecule has 0 aliphatic carbocycles. The Hall–Kier alpha value is -1.75. The van der Waals surface area contributed by atoms with E-state index in [1.165, 1.54) is 5.56 Å². The zero-order valence-electron chi connectivity index (χ0n) is 15.4. The van der Waals surface area contributed by atoms with Crippen molar-refractivity contribution < 1.29 is 9.47 Å². The van der Waals surface area contributed by atoms with Gasteiger partial charge in [0.05, 0.1) is 13.2 Å². The van der Waals surface area contributed by atoms with E-state index in [4.69, 9.17) is 14.5 Å². The summed E-state index contributed by atoms with van der Waals surface area (Å²) in [7, 11) is 1.77. The molecule has 0 bridgehead atoms. The SMILES string of the molecule is CCNC(=NCC(C)Oc1ccc(C)cc1)N1CCC(COC)C1. The Bertz CT molecular complexity index is 516. The van der Waals surface area contributed by atoms with Crippen molar-refractivity contribution in [2.45, 2.75) is 33.3 Å². The van der Waals surface area contributed by atoms with E-state index in [1.54, 1.807) is 7.11 Å². The highest BCUT2D eigenvalue weighted by molar-refractivity contribution is 5.80. The predicted octanol–water partition coefficient (Wildman–Crippen LogP) is 2.70. The quantitative estimate of drug-likeness (QED) is 0.616. The van der Waals surface area contributed by atoms with Crippen LogP contribution in [0, 0.1) is 12.8 Å². The molecular weight excluding hydrogens is 302 g/mol. The standard InChI is InChI=1S/C19H31N3O2/c1-5-20-19(22-11-10-17(13-22)14-23-4)21-12-16(3)24-18-8-6-15(2)7-9-18/h6-9,16-17H,5,10-14H2,1-4H3,(H,20,21). The van der Waals surface area contributed by atoms with Gasteiger partial charge in [0.15, 0.2) is 5.96 Å². The molecule has 1 fully saturated rings. The number of methoxy groups -OCH3 is 1. The highest BCUT2D eigenvalue weighted by Gasteiger charge is 2.24. The molecule has 0 saturated carbocycles. The van der Waals surface area contributed by atoms with Crippen molar-refractivity contribution >= 4 is 5.96 Å². The van der Waals surface area contributed by atoms with Gasteiger partial charge in [-0.05, 0) is 39.3 Å². The number of nitrogens with zero attached hydrogens (tertiary/aromatic N) is 2. The topological polar surface area (TPSA) is 46.1 Å². The van der Waals surface area contributed by atoms with Crippen molar-refractivity contribution in [3.63, 3.8) is 0 Å². The molecule has 5 heteroatoms. The number of ether oxygens (including phenoxy) is 2. The number of hydrogen-bond donors (Lipinski definition) is 1. The number of nitrogens with one attached hydrogen (secondary N) is 1. The van der Waals surface area contributed by atoms with Gasteiger partial charge in [0.25, 0.3) is 0 Å². The molecule has 0 radical (unpaired) electrons. The van der Waals surface area contributed by atoms with Gasteiger partial charge < -0.3 is 19.7 Å². The number of aryl methyl sites for hydroxylation is 1. The van der Waals surface area contributed by atoms with E-state index in [0.29, 0.717) is 12.5 Å². The zero-order valence-corrected chi connectivity index (χ0v) is 15.4. The Labute approximate surface area is 146 Å². The first-order valence-corrected chi connectivity index (χ1v) is 8.88.